The largest absolute Gasteiger partial charge is 1.00 e. The third kappa shape index (κ3) is 2.61. The van der Waals surface area contributed by atoms with Crippen molar-refractivity contribution in [1.82, 2.24) is 10.2 Å². The first-order valence-electron chi connectivity index (χ1n) is 2.43. The van der Waals surface area contributed by atoms with Gasteiger partial charge in [-0.25, -0.2) is 0 Å². The number of aromatic amines is 1. The molecule has 0 radical (unpaired) electrons. The Morgan fingerprint density at radius 1 is 1.80 bits per heavy atom. The molecule has 1 N–H and O–H groups in total. The molecular formula is C5H5N2O2Rb. The number of hydrogen-bond acceptors (Lipinski definition) is 3. The molecule has 0 aromatic carbocycles. The van der Waals surface area contributed by atoms with Gasteiger partial charge in [-0.15, -0.1) is 0 Å². The van der Waals surface area contributed by atoms with Crippen LogP contribution in [-0.4, -0.2) is 16.2 Å². The van der Waals surface area contributed by atoms with Gasteiger partial charge in [-0.1, -0.05) is 0 Å². The van der Waals surface area contributed by atoms with Crippen molar-refractivity contribution < 1.29 is 68.1 Å². The van der Waals surface area contributed by atoms with Crippen molar-refractivity contribution in [3.05, 3.63) is 17.5 Å². The van der Waals surface area contributed by atoms with Crippen LogP contribution >= 0.6 is 0 Å². The molecule has 0 aliphatic rings. The van der Waals surface area contributed by atoms with E-state index >= 15 is 0 Å². The van der Waals surface area contributed by atoms with Crippen LogP contribution in [0.2, 0.25) is 0 Å². The Kier molecular flexibility index (Phi) is 4.59. The Morgan fingerprint density at radius 3 is 2.60 bits per heavy atom. The summed E-state index contributed by atoms with van der Waals surface area (Å²) < 4.78 is 0. The summed E-state index contributed by atoms with van der Waals surface area (Å²) >= 11 is 0. The second-order valence-corrected chi connectivity index (χ2v) is 1.72. The van der Waals surface area contributed by atoms with E-state index in [0.717, 1.165) is 0 Å². The average Bonchev–Trinajstić information content (AvgIpc) is 2.14. The van der Waals surface area contributed by atoms with Crippen LogP contribution in [0.3, 0.4) is 0 Å². The minimum Gasteiger partial charge on any atom is -0.543 e. The van der Waals surface area contributed by atoms with Crippen LogP contribution in [0.4, 0.5) is 0 Å². The Labute approximate surface area is 107 Å². The van der Waals surface area contributed by atoms with Crippen molar-refractivity contribution in [2.24, 2.45) is 0 Å². The smallest absolute Gasteiger partial charge is 0.543 e. The molecule has 5 heteroatoms. The summed E-state index contributed by atoms with van der Waals surface area (Å²) in [5.74, 6) is -1.25. The fourth-order valence-electron chi connectivity index (χ4n) is 0.523. The molecule has 0 bridgehead atoms. The molecule has 1 aromatic rings. The van der Waals surface area contributed by atoms with Gasteiger partial charge in [0, 0.05) is 5.69 Å². The molecule has 1 aromatic heterocycles. The van der Waals surface area contributed by atoms with Gasteiger partial charge in [0.15, 0.2) is 0 Å². The number of nitrogens with zero attached hydrogens (tertiary/aromatic N) is 1. The number of carbonyl (C=O) groups excluding carboxylic acids is 1. The van der Waals surface area contributed by atoms with Crippen LogP contribution < -0.4 is 63.3 Å². The summed E-state index contributed by atoms with van der Waals surface area (Å²) in [5.41, 5.74) is 0.668. The standard InChI is InChI=1S/C5H6N2O2.Rb/c1-3-2-4(5(8)9)7-6-3;/h2H,1H3,(H,6,7)(H,8,9);/q;+1/p-1. The van der Waals surface area contributed by atoms with Gasteiger partial charge < -0.3 is 9.90 Å². The number of nitrogens with one attached hydrogen (secondary N) is 1. The quantitative estimate of drug-likeness (QED) is 0.515. The third-order valence-electron chi connectivity index (χ3n) is 0.915. The number of hydrogen-bond donors (Lipinski definition) is 1. The van der Waals surface area contributed by atoms with Crippen molar-refractivity contribution in [2.45, 2.75) is 6.92 Å². The maximum absolute atomic E-state index is 10.0. The van der Waals surface area contributed by atoms with Gasteiger partial charge in [0.05, 0.1) is 5.97 Å². The summed E-state index contributed by atoms with van der Waals surface area (Å²) in [4.78, 5) is 10.0. The average molecular weight is 211 g/mol. The summed E-state index contributed by atoms with van der Waals surface area (Å²) in [7, 11) is 0. The van der Waals surface area contributed by atoms with E-state index in [-0.39, 0.29) is 63.9 Å². The first-order chi connectivity index (χ1) is 4.20. The van der Waals surface area contributed by atoms with Crippen LogP contribution in [0.5, 0.6) is 0 Å². The third-order valence-corrected chi connectivity index (χ3v) is 0.915. The Bertz CT molecular complexity index is 233. The Balaban J connectivity index is 0.000000810. The number of carbonyl (C=O) groups is 1. The first-order valence-corrected chi connectivity index (χ1v) is 2.43. The zero-order valence-corrected chi connectivity index (χ0v) is 10.8. The SMILES string of the molecule is Cc1cc(C(=O)[O-])n[nH]1.[Rb+]. The molecule has 4 nitrogen and oxygen atoms in total. The summed E-state index contributed by atoms with van der Waals surface area (Å²) in [6, 6.07) is 1.41. The van der Waals surface area contributed by atoms with E-state index in [1.165, 1.54) is 6.07 Å². The van der Waals surface area contributed by atoms with Gasteiger partial charge in [0.2, 0.25) is 0 Å². The fraction of sp³-hybridized carbons (Fsp3) is 0.200. The van der Waals surface area contributed by atoms with Gasteiger partial charge in [-0.05, 0) is 13.0 Å². The molecule has 0 atom stereocenters. The van der Waals surface area contributed by atoms with Crippen molar-refractivity contribution >= 4 is 5.97 Å². The summed E-state index contributed by atoms with van der Waals surface area (Å²) in [6.07, 6.45) is 0. The summed E-state index contributed by atoms with van der Waals surface area (Å²) in [6.45, 7) is 1.72. The van der Waals surface area contributed by atoms with E-state index < -0.39 is 5.97 Å². The number of carboxylic acid groups (broad SMARTS) is 1. The van der Waals surface area contributed by atoms with Gasteiger partial charge in [-0.3, -0.25) is 5.10 Å². The zero-order valence-electron chi connectivity index (χ0n) is 5.84. The van der Waals surface area contributed by atoms with E-state index in [0.29, 0.717) is 5.69 Å². The Hall–Kier alpha value is 0.485. The van der Waals surface area contributed by atoms with Gasteiger partial charge in [0.25, 0.3) is 0 Å². The topological polar surface area (TPSA) is 68.8 Å². The minimum absolute atomic E-state index is 0. The van der Waals surface area contributed by atoms with Crippen LogP contribution in [0.1, 0.15) is 16.2 Å². The predicted molar refractivity (Wildman–Crippen MR) is 27.7 cm³/mol. The molecule has 0 saturated carbocycles. The van der Waals surface area contributed by atoms with Crippen molar-refractivity contribution in [3.8, 4) is 0 Å². The molecule has 1 rings (SSSR count). The molecule has 0 fully saturated rings. The second-order valence-electron chi connectivity index (χ2n) is 1.72. The second kappa shape index (κ2) is 4.38. The number of aromatic nitrogens is 2. The van der Waals surface area contributed by atoms with Gasteiger partial charge in [0.1, 0.15) is 5.69 Å². The van der Waals surface area contributed by atoms with Crippen LogP contribution in [0, 0.1) is 6.92 Å². The molecule has 0 aliphatic heterocycles. The van der Waals surface area contributed by atoms with E-state index in [9.17, 15) is 9.90 Å². The molecule has 48 valence electrons. The number of carboxylic acids is 1. The number of rotatable bonds is 1. The molecule has 0 amide bonds. The van der Waals surface area contributed by atoms with E-state index in [4.69, 9.17) is 0 Å². The summed E-state index contributed by atoms with van der Waals surface area (Å²) in [5, 5.41) is 15.9. The molecule has 1 heterocycles. The molecule has 0 saturated heterocycles. The monoisotopic (exact) mass is 210 g/mol. The number of aryl methyl sites for hydroxylation is 1. The van der Waals surface area contributed by atoms with Crippen molar-refractivity contribution in [2.75, 3.05) is 0 Å². The molecule has 0 unspecified atom stereocenters. The maximum Gasteiger partial charge on any atom is 1.00 e. The number of H-pyrrole nitrogens is 1. The normalized spacial score (nSPS) is 8.50. The molecular weight excluding hydrogens is 206 g/mol. The van der Waals surface area contributed by atoms with E-state index in [1.807, 2.05) is 0 Å². The maximum atomic E-state index is 10.0. The van der Waals surface area contributed by atoms with Crippen LogP contribution in [0.25, 0.3) is 0 Å². The van der Waals surface area contributed by atoms with Gasteiger partial charge >= 0.3 is 58.2 Å². The minimum atomic E-state index is -1.25. The Morgan fingerprint density at radius 2 is 2.40 bits per heavy atom. The van der Waals surface area contributed by atoms with Crippen LogP contribution in [0.15, 0.2) is 6.07 Å². The predicted octanol–water partition coefficient (Wildman–Crippen LogP) is -3.91. The van der Waals surface area contributed by atoms with E-state index in [1.54, 1.807) is 6.92 Å². The molecule has 10 heavy (non-hydrogen) atoms. The van der Waals surface area contributed by atoms with Crippen LogP contribution in [-0.2, 0) is 0 Å². The fourth-order valence-corrected chi connectivity index (χ4v) is 0.523. The number of aromatic carboxylic acids is 1. The van der Waals surface area contributed by atoms with Crippen molar-refractivity contribution in [1.29, 1.82) is 0 Å². The molecule has 0 aliphatic carbocycles. The molecule has 0 spiro atoms. The first kappa shape index (κ1) is 10.5. The van der Waals surface area contributed by atoms with Crippen molar-refractivity contribution in [3.63, 3.8) is 0 Å². The van der Waals surface area contributed by atoms with E-state index in [2.05, 4.69) is 10.2 Å². The zero-order chi connectivity index (χ0) is 6.85. The van der Waals surface area contributed by atoms with Gasteiger partial charge in [-0.2, -0.15) is 5.10 Å².